The average Bonchev–Trinajstić information content (AvgIpc) is 2.76. The molecule has 0 radical (unpaired) electrons. The summed E-state index contributed by atoms with van der Waals surface area (Å²) >= 11 is 0. The molecule has 0 saturated carbocycles. The number of carbonyl (C=O) groups excluding carboxylic acids is 1. The van der Waals surface area contributed by atoms with Gasteiger partial charge < -0.3 is 9.72 Å². The SMILES string of the molecule is CCOC(=O)c1c[nH]c(=O)n(-c2cnn(C)c2)c1=O. The van der Waals surface area contributed by atoms with E-state index in [4.69, 9.17) is 4.74 Å². The first-order valence-electron chi connectivity index (χ1n) is 5.55. The van der Waals surface area contributed by atoms with Crippen LogP contribution in [0, 0.1) is 0 Å². The van der Waals surface area contributed by atoms with Crippen LogP contribution in [0.4, 0.5) is 0 Å². The summed E-state index contributed by atoms with van der Waals surface area (Å²) in [6.07, 6.45) is 3.90. The van der Waals surface area contributed by atoms with Crippen molar-refractivity contribution in [3.05, 3.63) is 45.0 Å². The second kappa shape index (κ2) is 4.92. The Balaban J connectivity index is 2.62. The van der Waals surface area contributed by atoms with Crippen LogP contribution >= 0.6 is 0 Å². The van der Waals surface area contributed by atoms with E-state index in [1.807, 2.05) is 0 Å². The lowest BCUT2D eigenvalue weighted by molar-refractivity contribution is 0.0523. The van der Waals surface area contributed by atoms with Gasteiger partial charge in [0.1, 0.15) is 5.56 Å². The van der Waals surface area contributed by atoms with Crippen LogP contribution in [-0.4, -0.2) is 31.9 Å². The number of H-pyrrole nitrogens is 1. The number of nitrogens with one attached hydrogen (secondary N) is 1. The van der Waals surface area contributed by atoms with E-state index in [1.54, 1.807) is 14.0 Å². The van der Waals surface area contributed by atoms with Crippen molar-refractivity contribution in [3.8, 4) is 5.69 Å². The predicted molar refractivity (Wildman–Crippen MR) is 65.4 cm³/mol. The molecule has 2 rings (SSSR count). The molecule has 8 nitrogen and oxygen atoms in total. The van der Waals surface area contributed by atoms with Gasteiger partial charge in [-0.2, -0.15) is 5.10 Å². The average molecular weight is 264 g/mol. The van der Waals surface area contributed by atoms with Gasteiger partial charge in [-0.15, -0.1) is 0 Å². The zero-order chi connectivity index (χ0) is 14.0. The molecule has 0 amide bonds. The molecule has 0 aliphatic carbocycles. The van der Waals surface area contributed by atoms with Crippen molar-refractivity contribution in [2.75, 3.05) is 6.61 Å². The van der Waals surface area contributed by atoms with Gasteiger partial charge in [-0.3, -0.25) is 9.48 Å². The molecule has 19 heavy (non-hydrogen) atoms. The Morgan fingerprint density at radius 3 is 2.79 bits per heavy atom. The van der Waals surface area contributed by atoms with E-state index in [0.717, 1.165) is 10.8 Å². The molecule has 1 N–H and O–H groups in total. The Morgan fingerprint density at radius 2 is 2.21 bits per heavy atom. The van der Waals surface area contributed by atoms with E-state index in [0.29, 0.717) is 0 Å². The summed E-state index contributed by atoms with van der Waals surface area (Å²) in [5, 5.41) is 3.87. The van der Waals surface area contributed by atoms with Gasteiger partial charge >= 0.3 is 11.7 Å². The maximum absolute atomic E-state index is 12.1. The van der Waals surface area contributed by atoms with Gasteiger partial charge in [-0.25, -0.2) is 14.2 Å². The summed E-state index contributed by atoms with van der Waals surface area (Å²) in [6, 6.07) is 0. The van der Waals surface area contributed by atoms with Crippen molar-refractivity contribution in [2.45, 2.75) is 6.92 Å². The summed E-state index contributed by atoms with van der Waals surface area (Å²) in [5.74, 6) is -0.776. The lowest BCUT2D eigenvalue weighted by Crippen LogP contribution is -2.37. The van der Waals surface area contributed by atoms with Crippen molar-refractivity contribution in [1.82, 2.24) is 19.3 Å². The summed E-state index contributed by atoms with van der Waals surface area (Å²) in [7, 11) is 1.65. The van der Waals surface area contributed by atoms with Gasteiger partial charge in [-0.05, 0) is 6.92 Å². The molecule has 0 atom stereocenters. The number of hydrogen-bond donors (Lipinski definition) is 1. The molecular weight excluding hydrogens is 252 g/mol. The third-order valence-corrected chi connectivity index (χ3v) is 2.42. The fourth-order valence-electron chi connectivity index (χ4n) is 1.59. The molecule has 0 aliphatic rings. The van der Waals surface area contributed by atoms with E-state index in [-0.39, 0.29) is 17.9 Å². The van der Waals surface area contributed by atoms with Crippen LogP contribution in [0.25, 0.3) is 5.69 Å². The third kappa shape index (κ3) is 2.32. The first-order chi connectivity index (χ1) is 9.04. The molecule has 0 aromatic carbocycles. The van der Waals surface area contributed by atoms with Gasteiger partial charge in [0.25, 0.3) is 5.56 Å². The number of aromatic nitrogens is 4. The smallest absolute Gasteiger partial charge is 0.345 e. The second-order valence-corrected chi connectivity index (χ2v) is 3.74. The molecule has 2 aromatic heterocycles. The van der Waals surface area contributed by atoms with Crippen molar-refractivity contribution >= 4 is 5.97 Å². The molecule has 0 fully saturated rings. The Kier molecular flexibility index (Phi) is 3.32. The van der Waals surface area contributed by atoms with Crippen LogP contribution in [0.1, 0.15) is 17.3 Å². The maximum atomic E-state index is 12.1. The van der Waals surface area contributed by atoms with Gasteiger partial charge in [0.2, 0.25) is 0 Å². The Hall–Kier alpha value is -2.64. The summed E-state index contributed by atoms with van der Waals surface area (Å²) in [6.45, 7) is 1.77. The predicted octanol–water partition coefficient (Wildman–Crippen LogP) is -0.564. The van der Waals surface area contributed by atoms with Crippen molar-refractivity contribution in [2.24, 2.45) is 7.05 Å². The molecule has 0 saturated heterocycles. The van der Waals surface area contributed by atoms with Gasteiger partial charge in [0.05, 0.1) is 18.5 Å². The maximum Gasteiger partial charge on any atom is 0.345 e. The Labute approximate surface area is 107 Å². The summed E-state index contributed by atoms with van der Waals surface area (Å²) in [5.41, 5.74) is -1.34. The lowest BCUT2D eigenvalue weighted by atomic mass is 10.3. The topological polar surface area (TPSA) is 99.0 Å². The fourth-order valence-corrected chi connectivity index (χ4v) is 1.59. The molecule has 100 valence electrons. The zero-order valence-corrected chi connectivity index (χ0v) is 10.4. The van der Waals surface area contributed by atoms with E-state index >= 15 is 0 Å². The Morgan fingerprint density at radius 1 is 1.47 bits per heavy atom. The van der Waals surface area contributed by atoms with Crippen molar-refractivity contribution in [3.63, 3.8) is 0 Å². The highest BCUT2D eigenvalue weighted by Gasteiger charge is 2.17. The van der Waals surface area contributed by atoms with Crippen LogP contribution < -0.4 is 11.2 Å². The van der Waals surface area contributed by atoms with E-state index in [9.17, 15) is 14.4 Å². The largest absolute Gasteiger partial charge is 0.462 e. The lowest BCUT2D eigenvalue weighted by Gasteiger charge is -2.04. The molecule has 0 spiro atoms. The molecule has 0 aliphatic heterocycles. The number of aryl methyl sites for hydroxylation is 1. The minimum atomic E-state index is -0.776. The molecule has 0 bridgehead atoms. The molecular formula is C11H12N4O4. The van der Waals surface area contributed by atoms with Crippen LogP contribution in [-0.2, 0) is 11.8 Å². The number of hydrogen-bond acceptors (Lipinski definition) is 5. The van der Waals surface area contributed by atoms with Crippen molar-refractivity contribution in [1.29, 1.82) is 0 Å². The summed E-state index contributed by atoms with van der Waals surface area (Å²) in [4.78, 5) is 37.7. The van der Waals surface area contributed by atoms with Crippen LogP contribution in [0.2, 0.25) is 0 Å². The van der Waals surface area contributed by atoms with Gasteiger partial charge in [0, 0.05) is 19.4 Å². The number of rotatable bonds is 3. The van der Waals surface area contributed by atoms with Crippen molar-refractivity contribution < 1.29 is 9.53 Å². The zero-order valence-electron chi connectivity index (χ0n) is 10.4. The molecule has 0 unspecified atom stereocenters. The van der Waals surface area contributed by atoms with Crippen LogP contribution in [0.15, 0.2) is 28.2 Å². The number of carbonyl (C=O) groups is 1. The quantitative estimate of drug-likeness (QED) is 0.749. The standard InChI is InChI=1S/C11H12N4O4/c1-3-19-10(17)8-5-12-11(18)15(9(8)16)7-4-13-14(2)6-7/h4-6H,3H2,1-2H3,(H,12,18). The third-order valence-electron chi connectivity index (χ3n) is 2.42. The molecule has 2 heterocycles. The minimum Gasteiger partial charge on any atom is -0.462 e. The first-order valence-corrected chi connectivity index (χ1v) is 5.55. The summed E-state index contributed by atoms with van der Waals surface area (Å²) < 4.78 is 7.02. The van der Waals surface area contributed by atoms with Crippen LogP contribution in [0.5, 0.6) is 0 Å². The fraction of sp³-hybridized carbons (Fsp3) is 0.273. The molecule has 2 aromatic rings. The van der Waals surface area contributed by atoms with E-state index < -0.39 is 17.2 Å². The highest BCUT2D eigenvalue weighted by Crippen LogP contribution is 2.00. The van der Waals surface area contributed by atoms with Crippen LogP contribution in [0.3, 0.4) is 0 Å². The van der Waals surface area contributed by atoms with Gasteiger partial charge in [-0.1, -0.05) is 0 Å². The minimum absolute atomic E-state index is 0.143. The molecule has 8 heteroatoms. The van der Waals surface area contributed by atoms with E-state index in [2.05, 4.69) is 10.1 Å². The number of esters is 1. The Bertz CT molecular complexity index is 725. The van der Waals surface area contributed by atoms with E-state index in [1.165, 1.54) is 17.1 Å². The first kappa shape index (κ1) is 12.8. The number of aromatic amines is 1. The normalized spacial score (nSPS) is 10.4. The monoisotopic (exact) mass is 264 g/mol. The second-order valence-electron chi connectivity index (χ2n) is 3.74. The van der Waals surface area contributed by atoms with Gasteiger partial charge in [0.15, 0.2) is 0 Å². The number of nitrogens with zero attached hydrogens (tertiary/aromatic N) is 3. The number of ether oxygens (including phenoxy) is 1. The highest BCUT2D eigenvalue weighted by molar-refractivity contribution is 5.88. The highest BCUT2D eigenvalue weighted by atomic mass is 16.5.